The first-order chi connectivity index (χ1) is 15.1. The van der Waals surface area contributed by atoms with E-state index in [2.05, 4.69) is 15.4 Å². The van der Waals surface area contributed by atoms with Gasteiger partial charge in [0.15, 0.2) is 5.69 Å². The predicted molar refractivity (Wildman–Crippen MR) is 112 cm³/mol. The monoisotopic (exact) mass is 448 g/mol. The summed E-state index contributed by atoms with van der Waals surface area (Å²) >= 11 is 0. The number of rotatable bonds is 6. The van der Waals surface area contributed by atoms with Crippen molar-refractivity contribution in [3.8, 4) is 11.3 Å². The maximum Gasteiger partial charge on any atom is 0.416 e. The Morgan fingerprint density at radius 3 is 2.69 bits per heavy atom. The van der Waals surface area contributed by atoms with Gasteiger partial charge in [0.2, 0.25) is 0 Å². The van der Waals surface area contributed by atoms with Crippen LogP contribution in [0.4, 0.5) is 13.2 Å². The van der Waals surface area contributed by atoms with Gasteiger partial charge in [-0.2, -0.15) is 18.3 Å². The van der Waals surface area contributed by atoms with Crippen LogP contribution in [-0.4, -0.2) is 40.3 Å². The van der Waals surface area contributed by atoms with Crippen molar-refractivity contribution in [1.29, 1.82) is 0 Å². The van der Waals surface area contributed by atoms with Gasteiger partial charge in [-0.05, 0) is 55.9 Å². The smallest absolute Gasteiger partial charge is 0.383 e. The normalized spacial score (nSPS) is 15.2. The molecule has 2 aromatic heterocycles. The largest absolute Gasteiger partial charge is 0.416 e. The zero-order chi connectivity index (χ0) is 23.2. The molecule has 1 aliphatic rings. The Hall–Kier alpha value is -3.14. The molecule has 0 unspecified atom stereocenters. The first-order valence-electron chi connectivity index (χ1n) is 10.2. The number of alkyl halides is 3. The molecule has 0 bridgehead atoms. The van der Waals surface area contributed by atoms with Gasteiger partial charge in [-0.25, -0.2) is 4.52 Å². The number of carbonyl (C=O) groups is 1. The molecule has 1 aliphatic carbocycles. The van der Waals surface area contributed by atoms with Crippen LogP contribution in [0, 0.1) is 6.92 Å². The van der Waals surface area contributed by atoms with Crippen LogP contribution in [0.3, 0.4) is 0 Å². The zero-order valence-corrected chi connectivity index (χ0v) is 17.8. The average molecular weight is 448 g/mol. The Balaban J connectivity index is 1.78. The number of hydrogen-bond donors (Lipinski definition) is 2. The summed E-state index contributed by atoms with van der Waals surface area (Å²) < 4.78 is 45.6. The molecule has 1 amide bonds. The third kappa shape index (κ3) is 4.14. The number of aryl methyl sites for hydroxylation is 1. The molecule has 2 N–H and O–H groups in total. The molecule has 1 atom stereocenters. The Morgan fingerprint density at radius 2 is 2.09 bits per heavy atom. The standard InChI is InChI=1S/C22H23F3N4O3/c1-11-8-14(6-7-15(11)22(23,24)25)16-9-29-19(21(31)27-16)17(13-4-5-13)18(28-29)20(30)26-12(2)10-32-3/h6-9,12-13H,4-5,10H2,1-3H3,(H,26,30)(H,27,31)/t12-/m1/s1. The number of ether oxygens (including phenoxy) is 1. The van der Waals surface area contributed by atoms with Gasteiger partial charge in [-0.3, -0.25) is 9.59 Å². The lowest BCUT2D eigenvalue weighted by Gasteiger charge is -2.12. The summed E-state index contributed by atoms with van der Waals surface area (Å²) in [5.74, 6) is -0.322. The molecule has 3 aromatic rings. The third-order valence-electron chi connectivity index (χ3n) is 5.50. The lowest BCUT2D eigenvalue weighted by atomic mass is 10.0. The molecule has 1 aromatic carbocycles. The van der Waals surface area contributed by atoms with E-state index < -0.39 is 23.2 Å². The molecule has 0 aliphatic heterocycles. The quantitative estimate of drug-likeness (QED) is 0.603. The molecule has 1 saturated carbocycles. The highest BCUT2D eigenvalue weighted by atomic mass is 19.4. The molecule has 0 spiro atoms. The minimum Gasteiger partial charge on any atom is -0.383 e. The van der Waals surface area contributed by atoms with E-state index in [4.69, 9.17) is 4.74 Å². The molecule has 2 heterocycles. The van der Waals surface area contributed by atoms with Gasteiger partial charge in [-0.15, -0.1) is 0 Å². The number of benzene rings is 1. The summed E-state index contributed by atoms with van der Waals surface area (Å²) in [7, 11) is 1.53. The van der Waals surface area contributed by atoms with E-state index in [-0.39, 0.29) is 28.7 Å². The highest BCUT2D eigenvalue weighted by molar-refractivity contribution is 5.96. The molecular weight excluding hydrogens is 425 g/mol. The van der Waals surface area contributed by atoms with E-state index in [0.29, 0.717) is 23.4 Å². The number of carbonyl (C=O) groups excluding carboxylic acids is 1. The van der Waals surface area contributed by atoms with Crippen molar-refractivity contribution in [2.45, 2.75) is 44.8 Å². The molecule has 4 rings (SSSR count). The van der Waals surface area contributed by atoms with Crippen molar-refractivity contribution in [2.24, 2.45) is 0 Å². The van der Waals surface area contributed by atoms with Crippen LogP contribution in [0.15, 0.2) is 29.2 Å². The van der Waals surface area contributed by atoms with Gasteiger partial charge in [-0.1, -0.05) is 6.07 Å². The second-order valence-electron chi connectivity index (χ2n) is 8.18. The number of hydrogen-bond acceptors (Lipinski definition) is 4. The average Bonchev–Trinajstić information content (AvgIpc) is 3.46. The fourth-order valence-corrected chi connectivity index (χ4v) is 3.91. The van der Waals surface area contributed by atoms with E-state index >= 15 is 0 Å². The maximum absolute atomic E-state index is 13.1. The van der Waals surface area contributed by atoms with Crippen molar-refractivity contribution in [1.82, 2.24) is 19.9 Å². The van der Waals surface area contributed by atoms with E-state index in [1.165, 1.54) is 36.9 Å². The SMILES string of the molecule is COC[C@@H](C)NC(=O)c1nn2cc(-c3ccc(C(F)(F)F)c(C)c3)[nH]c(=O)c2c1C1CC1. The van der Waals surface area contributed by atoms with Crippen LogP contribution < -0.4 is 10.9 Å². The van der Waals surface area contributed by atoms with E-state index in [9.17, 15) is 22.8 Å². The fourth-order valence-electron chi connectivity index (χ4n) is 3.91. The number of halogens is 3. The summed E-state index contributed by atoms with van der Waals surface area (Å²) in [6.45, 7) is 3.49. The third-order valence-corrected chi connectivity index (χ3v) is 5.50. The molecular formula is C22H23F3N4O3. The molecule has 10 heteroatoms. The van der Waals surface area contributed by atoms with Gasteiger partial charge in [0.05, 0.1) is 24.1 Å². The van der Waals surface area contributed by atoms with Gasteiger partial charge >= 0.3 is 6.18 Å². The van der Waals surface area contributed by atoms with Crippen molar-refractivity contribution in [2.75, 3.05) is 13.7 Å². The number of fused-ring (bicyclic) bond motifs is 1. The summed E-state index contributed by atoms with van der Waals surface area (Å²) in [5, 5.41) is 7.19. The Labute approximate surface area is 181 Å². The minimum atomic E-state index is -4.46. The van der Waals surface area contributed by atoms with E-state index in [1.54, 1.807) is 6.92 Å². The van der Waals surface area contributed by atoms with Crippen molar-refractivity contribution >= 4 is 11.4 Å². The zero-order valence-electron chi connectivity index (χ0n) is 17.8. The lowest BCUT2D eigenvalue weighted by Crippen LogP contribution is -2.36. The number of nitrogens with one attached hydrogen (secondary N) is 2. The van der Waals surface area contributed by atoms with Crippen LogP contribution in [0.25, 0.3) is 16.8 Å². The topological polar surface area (TPSA) is 88.5 Å². The number of aromatic amines is 1. The maximum atomic E-state index is 13.1. The molecule has 7 nitrogen and oxygen atoms in total. The van der Waals surface area contributed by atoms with Gasteiger partial charge in [0, 0.05) is 18.7 Å². The Kier molecular flexibility index (Phi) is 5.58. The van der Waals surface area contributed by atoms with Crippen LogP contribution >= 0.6 is 0 Å². The van der Waals surface area contributed by atoms with Crippen LogP contribution in [0.5, 0.6) is 0 Å². The predicted octanol–water partition coefficient (Wildman–Crippen LogP) is 3.66. The molecule has 0 saturated heterocycles. The van der Waals surface area contributed by atoms with Gasteiger partial charge in [0.1, 0.15) is 5.52 Å². The first-order valence-corrected chi connectivity index (χ1v) is 10.2. The highest BCUT2D eigenvalue weighted by Crippen LogP contribution is 2.43. The van der Waals surface area contributed by atoms with E-state index in [1.807, 2.05) is 0 Å². The van der Waals surface area contributed by atoms with Crippen molar-refractivity contribution < 1.29 is 22.7 Å². The molecule has 170 valence electrons. The second-order valence-corrected chi connectivity index (χ2v) is 8.18. The number of H-pyrrole nitrogens is 1. The Morgan fingerprint density at radius 1 is 1.38 bits per heavy atom. The molecule has 32 heavy (non-hydrogen) atoms. The fraction of sp³-hybridized carbons (Fsp3) is 0.409. The summed E-state index contributed by atoms with van der Waals surface area (Å²) in [4.78, 5) is 28.5. The second kappa shape index (κ2) is 8.09. The van der Waals surface area contributed by atoms with Crippen molar-refractivity contribution in [3.63, 3.8) is 0 Å². The summed E-state index contributed by atoms with van der Waals surface area (Å²) in [6.07, 6.45) is -1.22. The van der Waals surface area contributed by atoms with Gasteiger partial charge in [0.25, 0.3) is 11.5 Å². The van der Waals surface area contributed by atoms with Crippen molar-refractivity contribution in [3.05, 3.63) is 57.1 Å². The molecule has 1 fully saturated rings. The number of amides is 1. The minimum absolute atomic E-state index is 0.0438. The van der Waals surface area contributed by atoms with Crippen LogP contribution in [0.2, 0.25) is 0 Å². The summed E-state index contributed by atoms with van der Waals surface area (Å²) in [6, 6.07) is 3.42. The summed E-state index contributed by atoms with van der Waals surface area (Å²) in [5.41, 5.74) is 0.654. The van der Waals surface area contributed by atoms with Crippen LogP contribution in [0.1, 0.15) is 52.9 Å². The van der Waals surface area contributed by atoms with E-state index in [0.717, 1.165) is 18.9 Å². The highest BCUT2D eigenvalue weighted by Gasteiger charge is 2.35. The van der Waals surface area contributed by atoms with Gasteiger partial charge < -0.3 is 15.0 Å². The first kappa shape index (κ1) is 22.1. The van der Waals surface area contributed by atoms with Crippen LogP contribution in [-0.2, 0) is 10.9 Å². The lowest BCUT2D eigenvalue weighted by molar-refractivity contribution is -0.138. The number of aromatic nitrogens is 3. The Bertz CT molecular complexity index is 1240. The number of nitrogens with zero attached hydrogens (tertiary/aromatic N) is 2. The molecule has 0 radical (unpaired) electrons. The number of methoxy groups -OCH3 is 1.